The van der Waals surface area contributed by atoms with Gasteiger partial charge in [-0.3, -0.25) is 9.59 Å². The summed E-state index contributed by atoms with van der Waals surface area (Å²) in [4.78, 5) is 44.2. The Hall–Kier alpha value is -2.97. The van der Waals surface area contributed by atoms with Gasteiger partial charge < -0.3 is 14.4 Å². The monoisotopic (exact) mass is 472 g/mol. The molecule has 1 saturated heterocycles. The number of pyridine rings is 1. The largest absolute Gasteiger partial charge is 0.469 e. The second-order valence-corrected chi connectivity index (χ2v) is 9.15. The normalized spacial score (nSPS) is 14.4. The van der Waals surface area contributed by atoms with Crippen LogP contribution in [0.2, 0.25) is 4.34 Å². The number of piperidine rings is 1. The summed E-state index contributed by atoms with van der Waals surface area (Å²) >= 11 is 7.42. The van der Waals surface area contributed by atoms with E-state index in [0.29, 0.717) is 52.4 Å². The van der Waals surface area contributed by atoms with E-state index < -0.39 is 5.97 Å². The lowest BCUT2D eigenvalue weighted by atomic mass is 9.97. The number of benzene rings is 1. The Kier molecular flexibility index (Phi) is 6.72. The molecule has 0 bridgehead atoms. The lowest BCUT2D eigenvalue weighted by Crippen LogP contribution is -2.42. The minimum absolute atomic E-state index is 0.195. The van der Waals surface area contributed by atoms with E-state index in [1.165, 1.54) is 18.4 Å². The van der Waals surface area contributed by atoms with Crippen LogP contribution in [0.25, 0.3) is 21.5 Å². The highest BCUT2D eigenvalue weighted by Crippen LogP contribution is 2.32. The van der Waals surface area contributed by atoms with E-state index in [4.69, 9.17) is 21.1 Å². The maximum Gasteiger partial charge on any atom is 0.339 e. The van der Waals surface area contributed by atoms with Crippen molar-refractivity contribution in [3.05, 3.63) is 52.4 Å². The number of rotatable bonds is 5. The van der Waals surface area contributed by atoms with Crippen LogP contribution < -0.4 is 0 Å². The van der Waals surface area contributed by atoms with Gasteiger partial charge in [-0.2, -0.15) is 0 Å². The number of hydrogen-bond acceptors (Lipinski definition) is 7. The number of methoxy groups -OCH3 is 1. The standard InChI is InChI=1S/C23H21ClN2O5S/c1-30-22(28)14-8-10-26(11-9-14)21(27)13-31-23(29)16-12-18(19-6-7-20(24)32-19)25-17-5-3-2-4-15(16)17/h2-7,12,14H,8-11,13H2,1H3. The Morgan fingerprint density at radius 1 is 1.16 bits per heavy atom. The smallest absolute Gasteiger partial charge is 0.339 e. The molecule has 0 N–H and O–H groups in total. The molecule has 1 amide bonds. The molecule has 4 rings (SSSR count). The van der Waals surface area contributed by atoms with Gasteiger partial charge >= 0.3 is 11.9 Å². The molecule has 7 nitrogen and oxygen atoms in total. The van der Waals surface area contributed by atoms with E-state index in [1.54, 1.807) is 23.1 Å². The van der Waals surface area contributed by atoms with Crippen molar-refractivity contribution in [3.8, 4) is 10.6 Å². The van der Waals surface area contributed by atoms with E-state index in [9.17, 15) is 14.4 Å². The van der Waals surface area contributed by atoms with Crippen molar-refractivity contribution in [2.75, 3.05) is 26.8 Å². The molecule has 0 aliphatic carbocycles. The highest BCUT2D eigenvalue weighted by atomic mass is 35.5. The summed E-state index contributed by atoms with van der Waals surface area (Å²) in [5, 5.41) is 0.648. The zero-order valence-corrected chi connectivity index (χ0v) is 18.9. The molecular weight excluding hydrogens is 452 g/mol. The lowest BCUT2D eigenvalue weighted by Gasteiger charge is -2.30. The van der Waals surface area contributed by atoms with Crippen molar-refractivity contribution >= 4 is 51.7 Å². The van der Waals surface area contributed by atoms with E-state index in [1.807, 2.05) is 24.3 Å². The number of aromatic nitrogens is 1. The summed E-state index contributed by atoms with van der Waals surface area (Å²) in [6.45, 7) is 0.494. The molecule has 9 heteroatoms. The van der Waals surface area contributed by atoms with Gasteiger partial charge in [0.05, 0.1) is 39.0 Å². The molecule has 1 fully saturated rings. The van der Waals surface area contributed by atoms with Crippen LogP contribution >= 0.6 is 22.9 Å². The highest BCUT2D eigenvalue weighted by Gasteiger charge is 2.28. The fraction of sp³-hybridized carbons (Fsp3) is 0.304. The van der Waals surface area contributed by atoms with Gasteiger partial charge in [0, 0.05) is 18.5 Å². The first-order chi connectivity index (χ1) is 15.5. The number of hydrogen-bond donors (Lipinski definition) is 0. The number of thiophene rings is 1. The third-order valence-corrected chi connectivity index (χ3v) is 6.72. The molecule has 1 aliphatic heterocycles. The number of halogens is 1. The average Bonchev–Trinajstić information content (AvgIpc) is 3.27. The van der Waals surface area contributed by atoms with Crippen LogP contribution in [0.5, 0.6) is 0 Å². The summed E-state index contributed by atoms with van der Waals surface area (Å²) < 4.78 is 10.8. The molecular formula is C23H21ClN2O5S. The zero-order valence-electron chi connectivity index (χ0n) is 17.4. The first-order valence-electron chi connectivity index (χ1n) is 10.1. The van der Waals surface area contributed by atoms with Gasteiger partial charge in [0.25, 0.3) is 5.91 Å². The molecule has 1 aliphatic rings. The van der Waals surface area contributed by atoms with Crippen molar-refractivity contribution in [2.24, 2.45) is 5.92 Å². The second-order valence-electron chi connectivity index (χ2n) is 7.43. The molecule has 0 spiro atoms. The summed E-state index contributed by atoms with van der Waals surface area (Å²) in [5.41, 5.74) is 1.61. The van der Waals surface area contributed by atoms with Crippen molar-refractivity contribution in [3.63, 3.8) is 0 Å². The number of carbonyl (C=O) groups is 3. The van der Waals surface area contributed by atoms with Gasteiger partial charge in [0.2, 0.25) is 0 Å². The Bertz CT molecular complexity index is 1170. The molecule has 2 aromatic heterocycles. The van der Waals surface area contributed by atoms with E-state index in [2.05, 4.69) is 4.98 Å². The molecule has 32 heavy (non-hydrogen) atoms. The van der Waals surface area contributed by atoms with E-state index >= 15 is 0 Å². The van der Waals surface area contributed by atoms with Crippen molar-refractivity contribution < 1.29 is 23.9 Å². The van der Waals surface area contributed by atoms with Gasteiger partial charge in [0.15, 0.2) is 6.61 Å². The first-order valence-corrected chi connectivity index (χ1v) is 11.3. The summed E-state index contributed by atoms with van der Waals surface area (Å²) in [6.07, 6.45) is 1.07. The topological polar surface area (TPSA) is 85.8 Å². The number of nitrogens with zero attached hydrogens (tertiary/aromatic N) is 2. The fourth-order valence-corrected chi connectivity index (χ4v) is 4.75. The minimum Gasteiger partial charge on any atom is -0.469 e. The molecule has 0 unspecified atom stereocenters. The molecule has 0 atom stereocenters. The molecule has 166 valence electrons. The molecule has 3 aromatic rings. The van der Waals surface area contributed by atoms with Gasteiger partial charge in [-0.05, 0) is 37.1 Å². The third-order valence-electron chi connectivity index (χ3n) is 5.47. The zero-order chi connectivity index (χ0) is 22.7. The van der Waals surface area contributed by atoms with Crippen LogP contribution in [-0.2, 0) is 19.1 Å². The van der Waals surface area contributed by atoms with Crippen LogP contribution in [0.1, 0.15) is 23.2 Å². The average molecular weight is 473 g/mol. The Morgan fingerprint density at radius 2 is 1.91 bits per heavy atom. The van der Waals surface area contributed by atoms with Crippen LogP contribution in [0, 0.1) is 5.92 Å². The predicted octanol–water partition coefficient (Wildman–Crippen LogP) is 4.19. The first kappa shape index (κ1) is 22.2. The van der Waals surface area contributed by atoms with Crippen LogP contribution in [0.15, 0.2) is 42.5 Å². The van der Waals surface area contributed by atoms with Gasteiger partial charge in [-0.25, -0.2) is 9.78 Å². The molecule has 3 heterocycles. The quantitative estimate of drug-likeness (QED) is 0.518. The number of carbonyl (C=O) groups excluding carboxylic acids is 3. The van der Waals surface area contributed by atoms with Crippen molar-refractivity contribution in [1.82, 2.24) is 9.88 Å². The number of esters is 2. The SMILES string of the molecule is COC(=O)C1CCN(C(=O)COC(=O)c2cc(-c3ccc(Cl)s3)nc3ccccc23)CC1. The Morgan fingerprint density at radius 3 is 2.59 bits per heavy atom. The number of amides is 1. The summed E-state index contributed by atoms with van der Waals surface area (Å²) in [6, 6.07) is 12.6. The second kappa shape index (κ2) is 9.67. The molecule has 0 saturated carbocycles. The molecule has 0 radical (unpaired) electrons. The number of ether oxygens (including phenoxy) is 2. The van der Waals surface area contributed by atoms with Gasteiger partial charge in [-0.1, -0.05) is 29.8 Å². The summed E-state index contributed by atoms with van der Waals surface area (Å²) in [5.74, 6) is -1.33. The minimum atomic E-state index is -0.592. The maximum absolute atomic E-state index is 12.9. The van der Waals surface area contributed by atoms with Gasteiger partial charge in [0.1, 0.15) is 0 Å². The van der Waals surface area contributed by atoms with Gasteiger partial charge in [-0.15, -0.1) is 11.3 Å². The van der Waals surface area contributed by atoms with Crippen LogP contribution in [-0.4, -0.2) is 54.5 Å². The van der Waals surface area contributed by atoms with E-state index in [-0.39, 0.29) is 24.4 Å². The highest BCUT2D eigenvalue weighted by molar-refractivity contribution is 7.19. The number of fused-ring (bicyclic) bond motifs is 1. The van der Waals surface area contributed by atoms with Crippen LogP contribution in [0.3, 0.4) is 0 Å². The van der Waals surface area contributed by atoms with Crippen molar-refractivity contribution in [2.45, 2.75) is 12.8 Å². The Labute approximate surface area is 193 Å². The summed E-state index contributed by atoms with van der Waals surface area (Å²) in [7, 11) is 1.36. The fourth-order valence-electron chi connectivity index (χ4n) is 3.75. The third kappa shape index (κ3) is 4.76. The van der Waals surface area contributed by atoms with E-state index in [0.717, 1.165) is 4.88 Å². The lowest BCUT2D eigenvalue weighted by molar-refractivity contribution is -0.149. The number of para-hydroxylation sites is 1. The maximum atomic E-state index is 12.9. The Balaban J connectivity index is 1.47. The van der Waals surface area contributed by atoms with Crippen LogP contribution in [0.4, 0.5) is 0 Å². The molecule has 1 aromatic carbocycles. The van der Waals surface area contributed by atoms with Crippen molar-refractivity contribution in [1.29, 1.82) is 0 Å². The number of likely N-dealkylation sites (tertiary alicyclic amines) is 1. The predicted molar refractivity (Wildman–Crippen MR) is 122 cm³/mol.